The zero-order valence-electron chi connectivity index (χ0n) is 7.22. The molecule has 1 saturated heterocycles. The molecule has 1 aliphatic heterocycles. The number of hydrogen-bond donors (Lipinski definition) is 0. The van der Waals surface area contributed by atoms with Crippen molar-refractivity contribution in [1.29, 1.82) is 0 Å². The minimum atomic E-state index is -1.08. The minimum absolute atomic E-state index is 0.0712. The molecule has 1 atom stereocenters. The third kappa shape index (κ3) is 2.08. The second kappa shape index (κ2) is 4.08. The molecular formula is C7H15O2SiTi. The van der Waals surface area contributed by atoms with E-state index in [-0.39, 0.29) is 3.53 Å². The molecule has 1 aliphatic rings. The third-order valence-electron chi connectivity index (χ3n) is 2.41. The van der Waals surface area contributed by atoms with Crippen LogP contribution in [0.2, 0.25) is 13.1 Å². The third-order valence-corrected chi connectivity index (χ3v) is 9.07. The second-order valence-corrected chi connectivity index (χ2v) is 9.24. The van der Waals surface area contributed by atoms with E-state index in [1.807, 2.05) is 0 Å². The maximum atomic E-state index is 11.1. The quantitative estimate of drug-likeness (QED) is 0.638. The Balaban J connectivity index is 2.64. The van der Waals surface area contributed by atoms with Gasteiger partial charge in [-0.25, -0.2) is 0 Å². The molecule has 1 rings (SSSR count). The van der Waals surface area contributed by atoms with Crippen LogP contribution in [0.5, 0.6) is 0 Å². The van der Waals surface area contributed by atoms with Gasteiger partial charge in [-0.15, -0.1) is 0 Å². The van der Waals surface area contributed by atoms with E-state index in [4.69, 9.17) is 4.74 Å². The average Bonchev–Trinajstić information content (AvgIpc) is 2.05. The first kappa shape index (κ1) is 9.78. The fourth-order valence-electron chi connectivity index (χ4n) is 1.47. The summed E-state index contributed by atoms with van der Waals surface area (Å²) in [6, 6.07) is 0. The first-order valence-electron chi connectivity index (χ1n) is 4.24. The second-order valence-electron chi connectivity index (χ2n) is 3.45. The van der Waals surface area contributed by atoms with E-state index in [0.29, 0.717) is 0 Å². The standard InChI is InChI=1S/C7H15OSi.O.Ti/c1-9(2)7-5-3-4-6-8-7;;/h9H,3-6H2,1-2H3;;. The van der Waals surface area contributed by atoms with Gasteiger partial charge in [-0.05, 0) is 0 Å². The van der Waals surface area contributed by atoms with Crippen molar-refractivity contribution in [3.8, 4) is 0 Å². The van der Waals surface area contributed by atoms with E-state index >= 15 is 0 Å². The van der Waals surface area contributed by atoms with Crippen LogP contribution < -0.4 is 0 Å². The van der Waals surface area contributed by atoms with E-state index < -0.39 is 27.9 Å². The Morgan fingerprint density at radius 1 is 1.45 bits per heavy atom. The molecule has 0 saturated carbocycles. The normalized spacial score (nSPS) is 31.9. The Hall–Kier alpha value is 0.691. The van der Waals surface area contributed by atoms with Crippen LogP contribution in [0.15, 0.2) is 0 Å². The molecule has 0 aromatic carbocycles. The van der Waals surface area contributed by atoms with Crippen molar-refractivity contribution < 1.29 is 27.2 Å². The number of rotatable bonds is 2. The fraction of sp³-hybridized carbons (Fsp3) is 1.00. The summed E-state index contributed by atoms with van der Waals surface area (Å²) in [5.41, 5.74) is 0. The van der Waals surface area contributed by atoms with Crippen molar-refractivity contribution in [2.24, 2.45) is 0 Å². The van der Waals surface area contributed by atoms with Crippen molar-refractivity contribution in [1.82, 2.24) is 0 Å². The first-order valence-corrected chi connectivity index (χ1v) is 8.55. The molecule has 2 nitrogen and oxygen atoms in total. The summed E-state index contributed by atoms with van der Waals surface area (Å²) in [5, 5.41) is 0. The molecule has 1 fully saturated rings. The van der Waals surface area contributed by atoms with Crippen LogP contribution in [0.1, 0.15) is 19.3 Å². The van der Waals surface area contributed by atoms with Crippen LogP contribution in [-0.4, -0.2) is 18.9 Å². The summed E-state index contributed by atoms with van der Waals surface area (Å²) >= 11 is -1.08. The zero-order valence-corrected chi connectivity index (χ0v) is 9.94. The molecular weight excluding hydrogens is 192 g/mol. The number of ether oxygens (including phenoxy) is 1. The van der Waals surface area contributed by atoms with Crippen molar-refractivity contribution in [2.45, 2.75) is 35.9 Å². The molecule has 0 spiro atoms. The van der Waals surface area contributed by atoms with Gasteiger partial charge in [-0.2, -0.15) is 0 Å². The summed E-state index contributed by atoms with van der Waals surface area (Å²) in [6.45, 7) is 5.33. The summed E-state index contributed by atoms with van der Waals surface area (Å²) in [5.74, 6) is 0. The summed E-state index contributed by atoms with van der Waals surface area (Å²) in [7, 11) is -0.867. The van der Waals surface area contributed by atoms with Crippen LogP contribution in [-0.2, 0) is 27.2 Å². The maximum absolute atomic E-state index is 11.1. The zero-order chi connectivity index (χ0) is 8.32. The molecule has 1 unspecified atom stereocenters. The first-order chi connectivity index (χ1) is 5.21. The molecule has 11 heavy (non-hydrogen) atoms. The average molecular weight is 207 g/mol. The molecule has 1 heterocycles. The van der Waals surface area contributed by atoms with E-state index in [0.717, 1.165) is 19.4 Å². The van der Waals surface area contributed by atoms with Crippen molar-refractivity contribution in [3.63, 3.8) is 0 Å². The van der Waals surface area contributed by atoms with Crippen molar-refractivity contribution >= 4 is 8.80 Å². The molecule has 0 radical (unpaired) electrons. The Kier molecular flexibility index (Phi) is 3.62. The molecule has 0 amide bonds. The van der Waals surface area contributed by atoms with Gasteiger partial charge in [0.2, 0.25) is 0 Å². The van der Waals surface area contributed by atoms with Crippen LogP contribution in [0.3, 0.4) is 0 Å². The van der Waals surface area contributed by atoms with Gasteiger partial charge in [-0.1, -0.05) is 0 Å². The summed E-state index contributed by atoms with van der Waals surface area (Å²) in [4.78, 5) is 0. The van der Waals surface area contributed by atoms with E-state index in [1.54, 1.807) is 0 Å². The molecule has 0 aromatic heterocycles. The molecule has 0 bridgehead atoms. The summed E-state index contributed by atoms with van der Waals surface area (Å²) in [6.07, 6.45) is 3.45. The Morgan fingerprint density at radius 3 is 2.45 bits per heavy atom. The molecule has 0 N–H and O–H groups in total. The van der Waals surface area contributed by atoms with Gasteiger partial charge in [0.1, 0.15) is 0 Å². The predicted molar refractivity (Wildman–Crippen MR) is 42.1 cm³/mol. The molecule has 4 heteroatoms. The van der Waals surface area contributed by atoms with Gasteiger partial charge in [0.15, 0.2) is 0 Å². The van der Waals surface area contributed by atoms with Gasteiger partial charge >= 0.3 is 78.5 Å². The molecule has 0 aliphatic carbocycles. The molecule has 0 aromatic rings. The topological polar surface area (TPSA) is 26.3 Å². The van der Waals surface area contributed by atoms with Crippen LogP contribution in [0, 0.1) is 0 Å². The molecule has 63 valence electrons. The van der Waals surface area contributed by atoms with Crippen LogP contribution in [0.25, 0.3) is 0 Å². The van der Waals surface area contributed by atoms with Crippen LogP contribution in [0.4, 0.5) is 0 Å². The Labute approximate surface area is 78.6 Å². The van der Waals surface area contributed by atoms with E-state index in [9.17, 15) is 3.32 Å². The van der Waals surface area contributed by atoms with Crippen molar-refractivity contribution in [3.05, 3.63) is 0 Å². The van der Waals surface area contributed by atoms with Gasteiger partial charge in [0, 0.05) is 0 Å². The van der Waals surface area contributed by atoms with Crippen LogP contribution >= 0.6 is 0 Å². The van der Waals surface area contributed by atoms with Gasteiger partial charge < -0.3 is 0 Å². The Bertz CT molecular complexity index is 143. The predicted octanol–water partition coefficient (Wildman–Crippen LogP) is 1.34. The SMILES string of the molecule is C[SiH](C)[C]1([Ti]=[O])CCCCO1. The van der Waals surface area contributed by atoms with E-state index in [1.165, 1.54) is 6.42 Å². The van der Waals surface area contributed by atoms with Gasteiger partial charge in [0.05, 0.1) is 0 Å². The van der Waals surface area contributed by atoms with Crippen molar-refractivity contribution in [2.75, 3.05) is 6.61 Å². The van der Waals surface area contributed by atoms with Gasteiger partial charge in [-0.3, -0.25) is 0 Å². The number of hydrogen-bond acceptors (Lipinski definition) is 2. The van der Waals surface area contributed by atoms with E-state index in [2.05, 4.69) is 13.1 Å². The fourth-order valence-corrected chi connectivity index (χ4v) is 4.73. The van der Waals surface area contributed by atoms with Gasteiger partial charge in [0.25, 0.3) is 0 Å². The summed E-state index contributed by atoms with van der Waals surface area (Å²) < 4.78 is 16.7. The monoisotopic (exact) mass is 207 g/mol. The Morgan fingerprint density at radius 2 is 2.18 bits per heavy atom.